The van der Waals surface area contributed by atoms with Gasteiger partial charge < -0.3 is 9.84 Å². The van der Waals surface area contributed by atoms with Crippen LogP contribution in [-0.4, -0.2) is 17.9 Å². The van der Waals surface area contributed by atoms with Crippen molar-refractivity contribution < 1.29 is 9.84 Å². The van der Waals surface area contributed by atoms with Crippen LogP contribution in [0.3, 0.4) is 0 Å². The second-order valence-electron chi connectivity index (χ2n) is 5.10. The quantitative estimate of drug-likeness (QED) is 0.826. The van der Waals surface area contributed by atoms with Crippen LogP contribution in [0.4, 0.5) is 5.69 Å². The van der Waals surface area contributed by atoms with Gasteiger partial charge in [0.25, 0.3) is 0 Å². The van der Waals surface area contributed by atoms with E-state index in [9.17, 15) is 5.11 Å². The molecule has 3 nitrogen and oxygen atoms in total. The van der Waals surface area contributed by atoms with E-state index in [0.717, 1.165) is 28.9 Å². The van der Waals surface area contributed by atoms with Crippen molar-refractivity contribution in [2.24, 2.45) is 4.99 Å². The van der Waals surface area contributed by atoms with Gasteiger partial charge in [-0.25, -0.2) is 0 Å². The highest BCUT2D eigenvalue weighted by molar-refractivity contribution is 5.84. The largest absolute Gasteiger partial charge is 0.496 e. The molecule has 0 bridgehead atoms. The molecule has 0 aliphatic rings. The van der Waals surface area contributed by atoms with E-state index in [2.05, 4.69) is 11.9 Å². The zero-order valence-corrected chi connectivity index (χ0v) is 12.2. The molecule has 0 unspecified atom stereocenters. The van der Waals surface area contributed by atoms with Crippen molar-refractivity contribution in [3.8, 4) is 5.75 Å². The molecule has 0 amide bonds. The summed E-state index contributed by atoms with van der Waals surface area (Å²) in [5, 5.41) is 10.1. The molecular formula is C15H23NO2. The van der Waals surface area contributed by atoms with Gasteiger partial charge in [-0.3, -0.25) is 4.99 Å². The highest BCUT2D eigenvalue weighted by Crippen LogP contribution is 2.35. The molecule has 3 heteroatoms. The first-order chi connectivity index (χ1) is 8.29. The summed E-state index contributed by atoms with van der Waals surface area (Å²) in [6.45, 7) is 9.60. The molecular weight excluding hydrogens is 226 g/mol. The normalized spacial score (nSPS) is 12.7. The molecule has 0 spiro atoms. The minimum atomic E-state index is -0.919. The van der Waals surface area contributed by atoms with Crippen LogP contribution in [0.2, 0.25) is 0 Å². The molecule has 1 rings (SSSR count). The highest BCUT2D eigenvalue weighted by Gasteiger charge is 2.22. The average molecular weight is 249 g/mol. The molecule has 0 heterocycles. The van der Waals surface area contributed by atoms with Gasteiger partial charge in [-0.15, -0.1) is 0 Å². The van der Waals surface area contributed by atoms with Gasteiger partial charge in [-0.05, 0) is 45.7 Å². The Morgan fingerprint density at radius 1 is 1.39 bits per heavy atom. The lowest BCUT2D eigenvalue weighted by Crippen LogP contribution is -2.17. The third kappa shape index (κ3) is 3.33. The van der Waals surface area contributed by atoms with Crippen LogP contribution >= 0.6 is 0 Å². The Morgan fingerprint density at radius 3 is 2.44 bits per heavy atom. The third-order valence-electron chi connectivity index (χ3n) is 3.00. The summed E-state index contributed by atoms with van der Waals surface area (Å²) in [6, 6.07) is 3.84. The van der Waals surface area contributed by atoms with Crippen molar-refractivity contribution in [2.45, 2.75) is 46.6 Å². The summed E-state index contributed by atoms with van der Waals surface area (Å²) >= 11 is 0. The Hall–Kier alpha value is -1.35. The molecule has 1 N–H and O–H groups in total. The maximum atomic E-state index is 10.1. The van der Waals surface area contributed by atoms with E-state index >= 15 is 0 Å². The SMILES string of the molecule is CCC(C)=Nc1cc(OC)c(C(C)(C)O)cc1C. The van der Waals surface area contributed by atoms with E-state index in [0.29, 0.717) is 5.75 Å². The Bertz CT molecular complexity index is 456. The van der Waals surface area contributed by atoms with Crippen molar-refractivity contribution in [3.05, 3.63) is 23.3 Å². The maximum Gasteiger partial charge on any atom is 0.127 e. The van der Waals surface area contributed by atoms with Crippen LogP contribution in [0, 0.1) is 6.92 Å². The lowest BCUT2D eigenvalue weighted by atomic mass is 9.95. The van der Waals surface area contributed by atoms with Gasteiger partial charge in [0.1, 0.15) is 5.75 Å². The topological polar surface area (TPSA) is 41.8 Å². The lowest BCUT2D eigenvalue weighted by Gasteiger charge is -2.22. The number of rotatable bonds is 4. The van der Waals surface area contributed by atoms with Gasteiger partial charge in [-0.2, -0.15) is 0 Å². The van der Waals surface area contributed by atoms with Crippen molar-refractivity contribution in [2.75, 3.05) is 7.11 Å². The Morgan fingerprint density at radius 2 is 2.00 bits per heavy atom. The fourth-order valence-corrected chi connectivity index (χ4v) is 1.73. The smallest absolute Gasteiger partial charge is 0.127 e. The second-order valence-corrected chi connectivity index (χ2v) is 5.10. The first-order valence-corrected chi connectivity index (χ1v) is 6.25. The van der Waals surface area contributed by atoms with Gasteiger partial charge in [0.2, 0.25) is 0 Å². The lowest BCUT2D eigenvalue weighted by molar-refractivity contribution is 0.0756. The molecule has 0 aliphatic carbocycles. The molecule has 0 fully saturated rings. The van der Waals surface area contributed by atoms with Crippen LogP contribution in [0.15, 0.2) is 17.1 Å². The van der Waals surface area contributed by atoms with E-state index in [-0.39, 0.29) is 0 Å². The van der Waals surface area contributed by atoms with Crippen LogP contribution in [0.5, 0.6) is 5.75 Å². The van der Waals surface area contributed by atoms with Crippen molar-refractivity contribution in [3.63, 3.8) is 0 Å². The number of benzene rings is 1. The predicted molar refractivity (Wildman–Crippen MR) is 76.0 cm³/mol. The molecule has 0 aliphatic heterocycles. The zero-order valence-electron chi connectivity index (χ0n) is 12.2. The fourth-order valence-electron chi connectivity index (χ4n) is 1.73. The summed E-state index contributed by atoms with van der Waals surface area (Å²) in [7, 11) is 1.61. The Kier molecular flexibility index (Phi) is 4.52. The summed E-state index contributed by atoms with van der Waals surface area (Å²) in [5.41, 5.74) is 2.89. The molecule has 0 radical (unpaired) electrons. The Balaban J connectivity index is 3.36. The number of nitrogens with zero attached hydrogens (tertiary/aromatic N) is 1. The van der Waals surface area contributed by atoms with Gasteiger partial charge in [0.05, 0.1) is 18.4 Å². The third-order valence-corrected chi connectivity index (χ3v) is 3.00. The van der Waals surface area contributed by atoms with E-state index < -0.39 is 5.60 Å². The number of hydrogen-bond donors (Lipinski definition) is 1. The number of hydrogen-bond acceptors (Lipinski definition) is 3. The van der Waals surface area contributed by atoms with Crippen LogP contribution in [-0.2, 0) is 5.60 Å². The molecule has 0 saturated carbocycles. The van der Waals surface area contributed by atoms with Gasteiger partial charge in [0.15, 0.2) is 0 Å². The standard InChI is InChI=1S/C15H23NO2/c1-7-11(3)16-13-9-14(18-6)12(8-10(13)2)15(4,5)17/h8-9,17H,7H2,1-6H3. The second kappa shape index (κ2) is 5.53. The first-order valence-electron chi connectivity index (χ1n) is 6.25. The number of methoxy groups -OCH3 is 1. The summed E-state index contributed by atoms with van der Waals surface area (Å²) in [6.07, 6.45) is 0.926. The van der Waals surface area contributed by atoms with Gasteiger partial charge in [0, 0.05) is 17.3 Å². The van der Waals surface area contributed by atoms with E-state index in [1.54, 1.807) is 21.0 Å². The van der Waals surface area contributed by atoms with Crippen molar-refractivity contribution in [1.82, 2.24) is 0 Å². The minimum Gasteiger partial charge on any atom is -0.496 e. The van der Waals surface area contributed by atoms with E-state index in [4.69, 9.17) is 4.74 Å². The van der Waals surface area contributed by atoms with Gasteiger partial charge in [-0.1, -0.05) is 6.92 Å². The van der Waals surface area contributed by atoms with E-state index in [1.165, 1.54) is 0 Å². The minimum absolute atomic E-state index is 0.677. The Labute approximate surface area is 110 Å². The predicted octanol–water partition coefficient (Wildman–Crippen LogP) is 3.73. The first kappa shape index (κ1) is 14.7. The number of aryl methyl sites for hydroxylation is 1. The summed E-state index contributed by atoms with van der Waals surface area (Å²) in [5.74, 6) is 0.677. The fraction of sp³-hybridized carbons (Fsp3) is 0.533. The summed E-state index contributed by atoms with van der Waals surface area (Å²) in [4.78, 5) is 4.56. The molecule has 18 heavy (non-hydrogen) atoms. The van der Waals surface area contributed by atoms with Gasteiger partial charge >= 0.3 is 0 Å². The maximum absolute atomic E-state index is 10.1. The van der Waals surface area contributed by atoms with Crippen molar-refractivity contribution in [1.29, 1.82) is 0 Å². The number of aliphatic imine (C=N–C) groups is 1. The molecule has 0 aromatic heterocycles. The van der Waals surface area contributed by atoms with E-state index in [1.807, 2.05) is 26.0 Å². The van der Waals surface area contributed by atoms with Crippen LogP contribution in [0.1, 0.15) is 45.2 Å². The monoisotopic (exact) mass is 249 g/mol. The molecule has 0 saturated heterocycles. The van der Waals surface area contributed by atoms with Crippen LogP contribution < -0.4 is 4.74 Å². The summed E-state index contributed by atoms with van der Waals surface area (Å²) < 4.78 is 5.35. The molecule has 1 aromatic rings. The average Bonchev–Trinajstić information content (AvgIpc) is 2.29. The molecule has 100 valence electrons. The molecule has 0 atom stereocenters. The number of aliphatic hydroxyl groups is 1. The zero-order chi connectivity index (χ0) is 13.9. The molecule has 1 aromatic carbocycles. The highest BCUT2D eigenvalue weighted by atomic mass is 16.5. The van der Waals surface area contributed by atoms with Crippen molar-refractivity contribution >= 4 is 11.4 Å². The number of ether oxygens (including phenoxy) is 1. The van der Waals surface area contributed by atoms with Crippen LogP contribution in [0.25, 0.3) is 0 Å².